The van der Waals surface area contributed by atoms with Crippen molar-refractivity contribution in [2.45, 2.75) is 33.6 Å². The molecular weight excluding hydrogens is 300 g/mol. The van der Waals surface area contributed by atoms with Crippen molar-refractivity contribution in [2.24, 2.45) is 5.92 Å². The standard InChI is InChI=1S/C16H26N2O3S/c1-13(2)8-10-17-16(19)9-11-18(22(4,20)21)15-7-5-6-14(3)12-15/h5-7,12-13H,8-11H2,1-4H3,(H,17,19). The molecule has 1 aromatic carbocycles. The summed E-state index contributed by atoms with van der Waals surface area (Å²) in [6.07, 6.45) is 2.23. The molecule has 0 spiro atoms. The third kappa shape index (κ3) is 6.47. The highest BCUT2D eigenvalue weighted by Crippen LogP contribution is 2.19. The number of amides is 1. The van der Waals surface area contributed by atoms with Gasteiger partial charge in [0, 0.05) is 19.5 Å². The maximum absolute atomic E-state index is 12.0. The van der Waals surface area contributed by atoms with Crippen LogP contribution >= 0.6 is 0 Å². The first-order valence-corrected chi connectivity index (χ1v) is 9.36. The van der Waals surface area contributed by atoms with Crippen LogP contribution in [0.15, 0.2) is 24.3 Å². The third-order valence-electron chi connectivity index (χ3n) is 3.28. The lowest BCUT2D eigenvalue weighted by Gasteiger charge is -2.22. The number of carbonyl (C=O) groups excluding carboxylic acids is 1. The largest absolute Gasteiger partial charge is 0.356 e. The van der Waals surface area contributed by atoms with E-state index in [-0.39, 0.29) is 18.9 Å². The Kier molecular flexibility index (Phi) is 6.87. The molecule has 0 aliphatic rings. The quantitative estimate of drug-likeness (QED) is 0.797. The normalized spacial score (nSPS) is 11.5. The van der Waals surface area contributed by atoms with Gasteiger partial charge in [0.15, 0.2) is 0 Å². The Morgan fingerprint density at radius 2 is 2.00 bits per heavy atom. The second kappa shape index (κ2) is 8.17. The average molecular weight is 326 g/mol. The number of sulfonamides is 1. The molecule has 1 aromatic rings. The molecule has 22 heavy (non-hydrogen) atoms. The summed E-state index contributed by atoms with van der Waals surface area (Å²) in [6.45, 7) is 6.86. The molecule has 0 unspecified atom stereocenters. The van der Waals surface area contributed by atoms with Crippen molar-refractivity contribution in [3.63, 3.8) is 0 Å². The zero-order valence-electron chi connectivity index (χ0n) is 13.8. The molecule has 1 amide bonds. The first kappa shape index (κ1) is 18.5. The number of nitrogens with one attached hydrogen (secondary N) is 1. The summed E-state index contributed by atoms with van der Waals surface area (Å²) >= 11 is 0. The Balaban J connectivity index is 2.66. The van der Waals surface area contributed by atoms with Crippen molar-refractivity contribution in [1.82, 2.24) is 5.32 Å². The van der Waals surface area contributed by atoms with Crippen molar-refractivity contribution in [3.8, 4) is 0 Å². The average Bonchev–Trinajstić information content (AvgIpc) is 2.37. The van der Waals surface area contributed by atoms with Crippen molar-refractivity contribution in [2.75, 3.05) is 23.7 Å². The number of carbonyl (C=O) groups is 1. The Morgan fingerprint density at radius 3 is 2.55 bits per heavy atom. The van der Waals surface area contributed by atoms with Gasteiger partial charge in [-0.3, -0.25) is 9.10 Å². The molecule has 124 valence electrons. The van der Waals surface area contributed by atoms with E-state index >= 15 is 0 Å². The van der Waals surface area contributed by atoms with Crippen LogP contribution in [0.3, 0.4) is 0 Å². The fourth-order valence-corrected chi connectivity index (χ4v) is 2.98. The molecule has 0 heterocycles. The van der Waals surface area contributed by atoms with E-state index in [2.05, 4.69) is 19.2 Å². The number of hydrogen-bond acceptors (Lipinski definition) is 3. The molecule has 0 radical (unpaired) electrons. The van der Waals surface area contributed by atoms with Gasteiger partial charge in [-0.25, -0.2) is 8.42 Å². The van der Waals surface area contributed by atoms with Crippen LogP contribution in [0.25, 0.3) is 0 Å². The van der Waals surface area contributed by atoms with Crippen molar-refractivity contribution in [3.05, 3.63) is 29.8 Å². The Hall–Kier alpha value is -1.56. The van der Waals surface area contributed by atoms with Gasteiger partial charge < -0.3 is 5.32 Å². The fraction of sp³-hybridized carbons (Fsp3) is 0.562. The van der Waals surface area contributed by atoms with E-state index in [9.17, 15) is 13.2 Å². The summed E-state index contributed by atoms with van der Waals surface area (Å²) < 4.78 is 25.2. The van der Waals surface area contributed by atoms with E-state index in [1.165, 1.54) is 4.31 Å². The summed E-state index contributed by atoms with van der Waals surface area (Å²) in [5.74, 6) is 0.405. The highest BCUT2D eigenvalue weighted by molar-refractivity contribution is 7.92. The van der Waals surface area contributed by atoms with Crippen molar-refractivity contribution < 1.29 is 13.2 Å². The number of nitrogens with zero attached hydrogens (tertiary/aromatic N) is 1. The Morgan fingerprint density at radius 1 is 1.32 bits per heavy atom. The molecule has 0 fully saturated rings. The monoisotopic (exact) mass is 326 g/mol. The van der Waals surface area contributed by atoms with Crippen LogP contribution in [0.1, 0.15) is 32.3 Å². The zero-order chi connectivity index (χ0) is 16.8. The molecule has 1 rings (SSSR count). The highest BCUT2D eigenvalue weighted by Gasteiger charge is 2.18. The summed E-state index contributed by atoms with van der Waals surface area (Å²) in [5.41, 5.74) is 1.57. The highest BCUT2D eigenvalue weighted by atomic mass is 32.2. The van der Waals surface area contributed by atoms with Crippen molar-refractivity contribution in [1.29, 1.82) is 0 Å². The number of aryl methyl sites for hydroxylation is 1. The van der Waals surface area contributed by atoms with Crippen molar-refractivity contribution >= 4 is 21.6 Å². The third-order valence-corrected chi connectivity index (χ3v) is 4.47. The number of anilines is 1. The minimum Gasteiger partial charge on any atom is -0.356 e. The van der Waals surface area contributed by atoms with Gasteiger partial charge in [-0.2, -0.15) is 0 Å². The molecule has 0 aliphatic carbocycles. The van der Waals surface area contributed by atoms with Gasteiger partial charge in [-0.05, 0) is 37.0 Å². The first-order valence-electron chi connectivity index (χ1n) is 7.51. The van der Waals surface area contributed by atoms with Crippen LogP contribution in [-0.4, -0.2) is 33.7 Å². The van der Waals surface area contributed by atoms with Gasteiger partial charge in [0.05, 0.1) is 11.9 Å². The van der Waals surface area contributed by atoms with Gasteiger partial charge in [0.2, 0.25) is 15.9 Å². The zero-order valence-corrected chi connectivity index (χ0v) is 14.6. The lowest BCUT2D eigenvalue weighted by molar-refractivity contribution is -0.120. The van der Waals surface area contributed by atoms with Crippen LogP contribution in [-0.2, 0) is 14.8 Å². The fourth-order valence-electron chi connectivity index (χ4n) is 2.06. The van der Waals surface area contributed by atoms with Crippen LogP contribution in [0, 0.1) is 12.8 Å². The van der Waals surface area contributed by atoms with Gasteiger partial charge >= 0.3 is 0 Å². The maximum Gasteiger partial charge on any atom is 0.232 e. The van der Waals surface area contributed by atoms with E-state index in [0.717, 1.165) is 18.2 Å². The lowest BCUT2D eigenvalue weighted by atomic mass is 10.1. The summed E-state index contributed by atoms with van der Waals surface area (Å²) in [5, 5.41) is 2.82. The SMILES string of the molecule is Cc1cccc(N(CCC(=O)NCCC(C)C)S(C)(=O)=O)c1. The molecule has 0 bridgehead atoms. The topological polar surface area (TPSA) is 66.5 Å². The molecular formula is C16H26N2O3S. The van der Waals surface area contributed by atoms with Gasteiger partial charge in [0.25, 0.3) is 0 Å². The molecule has 0 aromatic heterocycles. The molecule has 5 nitrogen and oxygen atoms in total. The van der Waals surface area contributed by atoms with E-state index in [1.54, 1.807) is 12.1 Å². The molecule has 0 atom stereocenters. The molecule has 0 aliphatic heterocycles. The summed E-state index contributed by atoms with van der Waals surface area (Å²) in [6, 6.07) is 7.26. The number of benzene rings is 1. The predicted octanol–water partition coefficient (Wildman–Crippen LogP) is 2.31. The van der Waals surface area contributed by atoms with Gasteiger partial charge in [0.1, 0.15) is 0 Å². The van der Waals surface area contributed by atoms with E-state index in [4.69, 9.17) is 0 Å². The summed E-state index contributed by atoms with van der Waals surface area (Å²) in [7, 11) is -3.41. The molecule has 6 heteroatoms. The van der Waals surface area contributed by atoms with Crippen LogP contribution in [0.2, 0.25) is 0 Å². The van der Waals surface area contributed by atoms with E-state index in [1.807, 2.05) is 19.1 Å². The van der Waals surface area contributed by atoms with Crippen LogP contribution in [0.5, 0.6) is 0 Å². The minimum absolute atomic E-state index is 0.123. The number of hydrogen-bond donors (Lipinski definition) is 1. The Bertz CT molecular complexity index is 597. The minimum atomic E-state index is -3.41. The first-order chi connectivity index (χ1) is 10.2. The smallest absolute Gasteiger partial charge is 0.232 e. The lowest BCUT2D eigenvalue weighted by Crippen LogP contribution is -2.35. The predicted molar refractivity (Wildman–Crippen MR) is 90.5 cm³/mol. The van der Waals surface area contributed by atoms with Gasteiger partial charge in [-0.1, -0.05) is 26.0 Å². The van der Waals surface area contributed by atoms with Gasteiger partial charge in [-0.15, -0.1) is 0 Å². The van der Waals surface area contributed by atoms with Crippen LogP contribution in [0.4, 0.5) is 5.69 Å². The molecule has 1 N–H and O–H groups in total. The second-order valence-corrected chi connectivity index (χ2v) is 7.86. The van der Waals surface area contributed by atoms with E-state index < -0.39 is 10.0 Å². The van der Waals surface area contributed by atoms with Crippen LogP contribution < -0.4 is 9.62 Å². The second-order valence-electron chi connectivity index (χ2n) is 5.96. The maximum atomic E-state index is 12.0. The summed E-state index contributed by atoms with van der Waals surface area (Å²) in [4.78, 5) is 11.8. The molecule has 0 saturated carbocycles. The molecule has 0 saturated heterocycles. The van der Waals surface area contributed by atoms with E-state index in [0.29, 0.717) is 18.2 Å². The Labute approximate surface area is 133 Å². The number of rotatable bonds is 8.